The molecular formula is C13H20N2O3S. The highest BCUT2D eigenvalue weighted by Crippen LogP contribution is 2.31. The molecule has 0 bridgehead atoms. The van der Waals surface area contributed by atoms with Gasteiger partial charge >= 0.3 is 0 Å². The maximum atomic E-state index is 12.3. The molecule has 0 spiro atoms. The van der Waals surface area contributed by atoms with Crippen molar-refractivity contribution in [2.45, 2.75) is 17.7 Å². The first kappa shape index (κ1) is 14.3. The van der Waals surface area contributed by atoms with Gasteiger partial charge in [-0.3, -0.25) is 0 Å². The maximum Gasteiger partial charge on any atom is 0.242 e. The Morgan fingerprint density at radius 1 is 1.32 bits per heavy atom. The van der Waals surface area contributed by atoms with Crippen LogP contribution in [0.1, 0.15) is 12.8 Å². The molecule has 0 atom stereocenters. The Labute approximate surface area is 114 Å². The van der Waals surface area contributed by atoms with Gasteiger partial charge in [0.25, 0.3) is 0 Å². The van der Waals surface area contributed by atoms with Crippen LogP contribution in [-0.2, 0) is 10.0 Å². The summed E-state index contributed by atoms with van der Waals surface area (Å²) in [5.41, 5.74) is 5.34. The fourth-order valence-electron chi connectivity index (χ4n) is 1.83. The zero-order valence-corrected chi connectivity index (χ0v) is 11.9. The molecule has 1 aliphatic rings. The third-order valence-corrected chi connectivity index (χ3v) is 4.97. The van der Waals surface area contributed by atoms with E-state index in [4.69, 9.17) is 10.5 Å². The SMILES string of the molecule is CN(CC1CC1)S(=O)(=O)c1ccc(OCCN)cc1. The lowest BCUT2D eigenvalue weighted by atomic mass is 10.3. The van der Waals surface area contributed by atoms with Gasteiger partial charge in [-0.15, -0.1) is 0 Å². The van der Waals surface area contributed by atoms with Gasteiger partial charge in [-0.1, -0.05) is 0 Å². The lowest BCUT2D eigenvalue weighted by molar-refractivity contribution is 0.328. The predicted molar refractivity (Wildman–Crippen MR) is 73.5 cm³/mol. The molecule has 0 aromatic heterocycles. The van der Waals surface area contributed by atoms with Gasteiger partial charge in [-0.2, -0.15) is 0 Å². The fraction of sp³-hybridized carbons (Fsp3) is 0.538. The molecule has 2 rings (SSSR count). The van der Waals surface area contributed by atoms with Crippen molar-refractivity contribution >= 4 is 10.0 Å². The van der Waals surface area contributed by atoms with Crippen LogP contribution >= 0.6 is 0 Å². The van der Waals surface area contributed by atoms with E-state index in [2.05, 4.69) is 0 Å². The summed E-state index contributed by atoms with van der Waals surface area (Å²) >= 11 is 0. The van der Waals surface area contributed by atoms with Gasteiger partial charge in [0.15, 0.2) is 0 Å². The van der Waals surface area contributed by atoms with E-state index in [1.54, 1.807) is 31.3 Å². The van der Waals surface area contributed by atoms with Crippen LogP contribution in [0.15, 0.2) is 29.2 Å². The molecule has 1 aromatic rings. The van der Waals surface area contributed by atoms with Gasteiger partial charge < -0.3 is 10.5 Å². The van der Waals surface area contributed by atoms with Crippen molar-refractivity contribution < 1.29 is 13.2 Å². The van der Waals surface area contributed by atoms with Crippen LogP contribution in [0.5, 0.6) is 5.75 Å². The normalized spacial score (nSPS) is 15.7. The summed E-state index contributed by atoms with van der Waals surface area (Å²) in [6.07, 6.45) is 2.26. The molecule has 1 saturated carbocycles. The smallest absolute Gasteiger partial charge is 0.242 e. The Hall–Kier alpha value is -1.11. The summed E-state index contributed by atoms with van der Waals surface area (Å²) < 4.78 is 31.3. The second-order valence-corrected chi connectivity index (χ2v) is 6.88. The van der Waals surface area contributed by atoms with Crippen LogP contribution in [0.25, 0.3) is 0 Å². The minimum Gasteiger partial charge on any atom is -0.492 e. The Kier molecular flexibility index (Phi) is 4.44. The van der Waals surface area contributed by atoms with E-state index in [9.17, 15) is 8.42 Å². The van der Waals surface area contributed by atoms with E-state index < -0.39 is 10.0 Å². The van der Waals surface area contributed by atoms with Gasteiger partial charge in [-0.05, 0) is 43.0 Å². The Morgan fingerprint density at radius 3 is 2.47 bits per heavy atom. The van der Waals surface area contributed by atoms with E-state index in [0.29, 0.717) is 36.3 Å². The first-order chi connectivity index (χ1) is 9.04. The number of sulfonamides is 1. The van der Waals surface area contributed by atoms with Crippen molar-refractivity contribution in [3.05, 3.63) is 24.3 Å². The first-order valence-corrected chi connectivity index (χ1v) is 7.87. The molecule has 2 N–H and O–H groups in total. The summed E-state index contributed by atoms with van der Waals surface area (Å²) in [4.78, 5) is 0.302. The largest absolute Gasteiger partial charge is 0.492 e. The molecule has 0 unspecified atom stereocenters. The van der Waals surface area contributed by atoms with Crippen molar-refractivity contribution in [3.8, 4) is 5.75 Å². The second kappa shape index (κ2) is 5.90. The second-order valence-electron chi connectivity index (χ2n) is 4.84. The van der Waals surface area contributed by atoms with Crippen LogP contribution in [0.2, 0.25) is 0 Å². The van der Waals surface area contributed by atoms with E-state index in [-0.39, 0.29) is 0 Å². The lowest BCUT2D eigenvalue weighted by Crippen LogP contribution is -2.28. The molecule has 0 heterocycles. The summed E-state index contributed by atoms with van der Waals surface area (Å²) in [6, 6.07) is 6.47. The van der Waals surface area contributed by atoms with E-state index in [0.717, 1.165) is 12.8 Å². The average Bonchev–Trinajstić information content (AvgIpc) is 3.20. The molecule has 0 aliphatic heterocycles. The molecule has 1 aliphatic carbocycles. The molecule has 1 fully saturated rings. The number of hydrogen-bond acceptors (Lipinski definition) is 4. The van der Waals surface area contributed by atoms with Gasteiger partial charge in [0.2, 0.25) is 10.0 Å². The Morgan fingerprint density at radius 2 is 1.95 bits per heavy atom. The number of benzene rings is 1. The minimum absolute atomic E-state index is 0.302. The van der Waals surface area contributed by atoms with Crippen LogP contribution in [0.3, 0.4) is 0 Å². The highest BCUT2D eigenvalue weighted by atomic mass is 32.2. The van der Waals surface area contributed by atoms with Crippen molar-refractivity contribution in [2.75, 3.05) is 26.7 Å². The summed E-state index contributed by atoms with van der Waals surface area (Å²) in [5, 5.41) is 0. The Bertz CT molecular complexity index is 509. The highest BCUT2D eigenvalue weighted by molar-refractivity contribution is 7.89. The number of hydrogen-bond donors (Lipinski definition) is 1. The Balaban J connectivity index is 2.06. The number of ether oxygens (including phenoxy) is 1. The van der Waals surface area contributed by atoms with Gasteiger partial charge in [0, 0.05) is 20.1 Å². The average molecular weight is 284 g/mol. The van der Waals surface area contributed by atoms with Crippen molar-refractivity contribution in [3.63, 3.8) is 0 Å². The van der Waals surface area contributed by atoms with Crippen LogP contribution in [-0.4, -0.2) is 39.5 Å². The fourth-order valence-corrected chi connectivity index (χ4v) is 3.07. The standard InChI is InChI=1S/C13H20N2O3S/c1-15(10-11-2-3-11)19(16,17)13-6-4-12(5-7-13)18-9-8-14/h4-7,11H,2-3,8-10,14H2,1H3. The first-order valence-electron chi connectivity index (χ1n) is 6.43. The van der Waals surface area contributed by atoms with Crippen molar-refractivity contribution in [2.24, 2.45) is 11.7 Å². The maximum absolute atomic E-state index is 12.3. The zero-order chi connectivity index (χ0) is 13.9. The third-order valence-electron chi connectivity index (χ3n) is 3.13. The molecule has 19 heavy (non-hydrogen) atoms. The zero-order valence-electron chi connectivity index (χ0n) is 11.1. The lowest BCUT2D eigenvalue weighted by Gasteiger charge is -2.17. The molecule has 1 aromatic carbocycles. The van der Waals surface area contributed by atoms with E-state index in [1.165, 1.54) is 4.31 Å². The summed E-state index contributed by atoms with van der Waals surface area (Å²) in [7, 11) is -1.75. The molecule has 106 valence electrons. The van der Waals surface area contributed by atoms with Crippen LogP contribution in [0, 0.1) is 5.92 Å². The van der Waals surface area contributed by atoms with Crippen molar-refractivity contribution in [1.82, 2.24) is 4.31 Å². The molecule has 0 radical (unpaired) electrons. The highest BCUT2D eigenvalue weighted by Gasteiger charge is 2.29. The predicted octanol–water partition coefficient (Wildman–Crippen LogP) is 1.05. The van der Waals surface area contributed by atoms with Gasteiger partial charge in [-0.25, -0.2) is 12.7 Å². The van der Waals surface area contributed by atoms with Crippen LogP contribution < -0.4 is 10.5 Å². The van der Waals surface area contributed by atoms with Crippen LogP contribution in [0.4, 0.5) is 0 Å². The summed E-state index contributed by atoms with van der Waals surface area (Å²) in [6.45, 7) is 1.46. The molecule has 0 amide bonds. The third kappa shape index (κ3) is 3.68. The molecule has 0 saturated heterocycles. The van der Waals surface area contributed by atoms with Gasteiger partial charge in [0.05, 0.1) is 4.90 Å². The van der Waals surface area contributed by atoms with E-state index >= 15 is 0 Å². The van der Waals surface area contributed by atoms with E-state index in [1.807, 2.05) is 0 Å². The number of rotatable bonds is 7. The van der Waals surface area contributed by atoms with Gasteiger partial charge in [0.1, 0.15) is 12.4 Å². The number of nitrogens with two attached hydrogens (primary N) is 1. The van der Waals surface area contributed by atoms with Crippen molar-refractivity contribution in [1.29, 1.82) is 0 Å². The number of nitrogens with zero attached hydrogens (tertiary/aromatic N) is 1. The quantitative estimate of drug-likeness (QED) is 0.812. The molecule has 6 heteroatoms. The monoisotopic (exact) mass is 284 g/mol. The molecular weight excluding hydrogens is 264 g/mol. The molecule has 5 nitrogen and oxygen atoms in total. The summed E-state index contributed by atoms with van der Waals surface area (Å²) in [5.74, 6) is 1.17. The minimum atomic E-state index is -3.38. The topological polar surface area (TPSA) is 72.6 Å².